The van der Waals surface area contributed by atoms with Gasteiger partial charge in [0.05, 0.1) is 18.5 Å². The summed E-state index contributed by atoms with van der Waals surface area (Å²) in [6.07, 6.45) is 1.74. The Morgan fingerprint density at radius 3 is 2.77 bits per heavy atom. The van der Waals surface area contributed by atoms with E-state index in [9.17, 15) is 9.59 Å². The Morgan fingerprint density at radius 2 is 2.12 bits per heavy atom. The molecule has 0 saturated carbocycles. The van der Waals surface area contributed by atoms with E-state index in [0.717, 1.165) is 11.4 Å². The largest absolute Gasteiger partial charge is 0.497 e. The maximum atomic E-state index is 12.8. The van der Waals surface area contributed by atoms with Crippen molar-refractivity contribution in [3.8, 4) is 5.75 Å². The SMILES string of the molecule is COc1cccc(N2CCN(C(=O)Nc3cn(C)nc3C)[C@@H](C)C2=O)c1. The lowest BCUT2D eigenvalue weighted by Crippen LogP contribution is -2.58. The van der Waals surface area contributed by atoms with Crippen molar-refractivity contribution in [2.45, 2.75) is 19.9 Å². The number of benzene rings is 1. The summed E-state index contributed by atoms with van der Waals surface area (Å²) in [7, 11) is 3.38. The molecule has 138 valence electrons. The van der Waals surface area contributed by atoms with Crippen molar-refractivity contribution < 1.29 is 14.3 Å². The number of aromatic nitrogens is 2. The van der Waals surface area contributed by atoms with Gasteiger partial charge in [0.2, 0.25) is 5.91 Å². The highest BCUT2D eigenvalue weighted by Crippen LogP contribution is 2.25. The van der Waals surface area contributed by atoms with E-state index in [4.69, 9.17) is 4.74 Å². The Hall–Kier alpha value is -3.03. The van der Waals surface area contributed by atoms with E-state index in [0.29, 0.717) is 24.5 Å². The quantitative estimate of drug-likeness (QED) is 0.911. The second-order valence-corrected chi connectivity index (χ2v) is 6.29. The molecule has 26 heavy (non-hydrogen) atoms. The number of hydrogen-bond acceptors (Lipinski definition) is 4. The number of aryl methyl sites for hydroxylation is 2. The van der Waals surface area contributed by atoms with Crippen LogP contribution in [0.1, 0.15) is 12.6 Å². The van der Waals surface area contributed by atoms with E-state index in [1.54, 1.807) is 41.8 Å². The molecular formula is C18H23N5O3. The number of hydrogen-bond donors (Lipinski definition) is 1. The highest BCUT2D eigenvalue weighted by atomic mass is 16.5. The number of amides is 3. The van der Waals surface area contributed by atoms with Crippen LogP contribution >= 0.6 is 0 Å². The first kappa shape index (κ1) is 17.8. The highest BCUT2D eigenvalue weighted by molar-refractivity contribution is 6.02. The van der Waals surface area contributed by atoms with Crippen LogP contribution in [-0.4, -0.2) is 52.9 Å². The topological polar surface area (TPSA) is 79.7 Å². The highest BCUT2D eigenvalue weighted by Gasteiger charge is 2.35. The monoisotopic (exact) mass is 357 g/mol. The van der Waals surface area contributed by atoms with E-state index in [1.807, 2.05) is 31.2 Å². The van der Waals surface area contributed by atoms with Gasteiger partial charge in [-0.3, -0.25) is 9.48 Å². The molecule has 3 rings (SSSR count). The first-order valence-corrected chi connectivity index (χ1v) is 8.44. The fraction of sp³-hybridized carbons (Fsp3) is 0.389. The summed E-state index contributed by atoms with van der Waals surface area (Å²) >= 11 is 0. The van der Waals surface area contributed by atoms with Gasteiger partial charge in [-0.05, 0) is 26.0 Å². The fourth-order valence-corrected chi connectivity index (χ4v) is 3.09. The molecule has 8 heteroatoms. The first-order chi connectivity index (χ1) is 12.4. The number of nitrogens with one attached hydrogen (secondary N) is 1. The lowest BCUT2D eigenvalue weighted by Gasteiger charge is -2.39. The van der Waals surface area contributed by atoms with Crippen molar-refractivity contribution in [1.29, 1.82) is 0 Å². The average molecular weight is 357 g/mol. The zero-order valence-electron chi connectivity index (χ0n) is 15.4. The summed E-state index contributed by atoms with van der Waals surface area (Å²) in [6.45, 7) is 4.43. The smallest absolute Gasteiger partial charge is 0.322 e. The zero-order valence-corrected chi connectivity index (χ0v) is 15.4. The average Bonchev–Trinajstić information content (AvgIpc) is 2.94. The van der Waals surface area contributed by atoms with Gasteiger partial charge in [0.25, 0.3) is 0 Å². The molecule has 2 aromatic rings. The zero-order chi connectivity index (χ0) is 18.8. The van der Waals surface area contributed by atoms with E-state index in [-0.39, 0.29) is 11.9 Å². The van der Waals surface area contributed by atoms with Crippen molar-refractivity contribution >= 4 is 23.3 Å². The number of nitrogens with zero attached hydrogens (tertiary/aromatic N) is 4. The molecule has 0 bridgehead atoms. The maximum absolute atomic E-state index is 12.8. The molecule has 1 aliphatic heterocycles. The van der Waals surface area contributed by atoms with Crippen LogP contribution in [0.2, 0.25) is 0 Å². The van der Waals surface area contributed by atoms with E-state index in [1.165, 1.54) is 0 Å². The number of rotatable bonds is 3. The van der Waals surface area contributed by atoms with Crippen molar-refractivity contribution in [2.75, 3.05) is 30.4 Å². The first-order valence-electron chi connectivity index (χ1n) is 8.44. The summed E-state index contributed by atoms with van der Waals surface area (Å²) in [5, 5.41) is 7.05. The second kappa shape index (κ2) is 7.07. The van der Waals surface area contributed by atoms with Gasteiger partial charge in [-0.25, -0.2) is 4.79 Å². The van der Waals surface area contributed by atoms with E-state index in [2.05, 4.69) is 10.4 Å². The Morgan fingerprint density at radius 1 is 1.35 bits per heavy atom. The van der Waals surface area contributed by atoms with Gasteiger partial charge < -0.3 is 19.9 Å². The number of ether oxygens (including phenoxy) is 1. The van der Waals surface area contributed by atoms with Crippen LogP contribution in [0, 0.1) is 6.92 Å². The molecule has 1 atom stereocenters. The van der Waals surface area contributed by atoms with Crippen LogP contribution in [0.4, 0.5) is 16.2 Å². The normalized spacial score (nSPS) is 17.4. The third-order valence-corrected chi connectivity index (χ3v) is 4.54. The number of methoxy groups -OCH3 is 1. The molecule has 1 aromatic heterocycles. The van der Waals surface area contributed by atoms with E-state index >= 15 is 0 Å². The number of piperazine rings is 1. The van der Waals surface area contributed by atoms with Gasteiger partial charge in [0.15, 0.2) is 0 Å². The molecule has 1 N–H and O–H groups in total. The lowest BCUT2D eigenvalue weighted by atomic mass is 10.1. The molecule has 1 aromatic carbocycles. The van der Waals surface area contributed by atoms with Crippen molar-refractivity contribution in [2.24, 2.45) is 7.05 Å². The minimum atomic E-state index is -0.563. The summed E-state index contributed by atoms with van der Waals surface area (Å²) < 4.78 is 6.87. The Kier molecular flexibility index (Phi) is 4.83. The van der Waals surface area contributed by atoms with Gasteiger partial charge in [0, 0.05) is 38.1 Å². The standard InChI is InChI=1S/C18H23N5O3/c1-12-16(11-21(3)20-12)19-18(25)22-8-9-23(17(24)13(22)2)14-6-5-7-15(10-14)26-4/h5-7,10-11,13H,8-9H2,1-4H3,(H,19,25)/t13-/m0/s1. The molecule has 1 saturated heterocycles. The number of anilines is 2. The number of carbonyl (C=O) groups is 2. The summed E-state index contributed by atoms with van der Waals surface area (Å²) in [5.41, 5.74) is 2.14. The molecule has 3 amide bonds. The van der Waals surface area contributed by atoms with Crippen LogP contribution in [0.15, 0.2) is 30.5 Å². The molecule has 2 heterocycles. The summed E-state index contributed by atoms with van der Waals surface area (Å²) in [5.74, 6) is 0.567. The fourth-order valence-electron chi connectivity index (χ4n) is 3.09. The minimum Gasteiger partial charge on any atom is -0.497 e. The summed E-state index contributed by atoms with van der Waals surface area (Å²) in [4.78, 5) is 28.7. The van der Waals surface area contributed by atoms with Crippen LogP contribution in [0.3, 0.4) is 0 Å². The molecule has 1 aliphatic rings. The third kappa shape index (κ3) is 3.35. The van der Waals surface area contributed by atoms with Gasteiger partial charge in [-0.1, -0.05) is 6.07 Å². The predicted octanol–water partition coefficient (Wildman–Crippen LogP) is 2.01. The van der Waals surface area contributed by atoms with Crippen LogP contribution in [0.25, 0.3) is 0 Å². The van der Waals surface area contributed by atoms with E-state index < -0.39 is 6.04 Å². The molecule has 0 spiro atoms. The molecule has 1 fully saturated rings. The Balaban J connectivity index is 1.72. The van der Waals surface area contributed by atoms with Crippen LogP contribution < -0.4 is 15.0 Å². The Labute approximate surface area is 152 Å². The van der Waals surface area contributed by atoms with Gasteiger partial charge in [0.1, 0.15) is 11.8 Å². The van der Waals surface area contributed by atoms with Crippen LogP contribution in [0.5, 0.6) is 5.75 Å². The van der Waals surface area contributed by atoms with Gasteiger partial charge in [-0.2, -0.15) is 5.10 Å². The van der Waals surface area contributed by atoms with Crippen molar-refractivity contribution in [3.05, 3.63) is 36.2 Å². The van der Waals surface area contributed by atoms with Gasteiger partial charge in [-0.15, -0.1) is 0 Å². The molecule has 0 aliphatic carbocycles. The molecular weight excluding hydrogens is 334 g/mol. The molecule has 8 nitrogen and oxygen atoms in total. The summed E-state index contributed by atoms with van der Waals surface area (Å²) in [6, 6.07) is 6.49. The molecule has 0 unspecified atom stereocenters. The van der Waals surface area contributed by atoms with Crippen molar-refractivity contribution in [1.82, 2.24) is 14.7 Å². The molecule has 0 radical (unpaired) electrons. The number of urea groups is 1. The second-order valence-electron chi connectivity index (χ2n) is 6.29. The Bertz CT molecular complexity index is 832. The minimum absolute atomic E-state index is 0.123. The van der Waals surface area contributed by atoms with Crippen LogP contribution in [-0.2, 0) is 11.8 Å². The van der Waals surface area contributed by atoms with Crippen molar-refractivity contribution in [3.63, 3.8) is 0 Å². The predicted molar refractivity (Wildman–Crippen MR) is 98.5 cm³/mol. The maximum Gasteiger partial charge on any atom is 0.322 e. The number of carbonyl (C=O) groups excluding carboxylic acids is 2. The third-order valence-electron chi connectivity index (χ3n) is 4.54. The van der Waals surface area contributed by atoms with Gasteiger partial charge >= 0.3 is 6.03 Å². The lowest BCUT2D eigenvalue weighted by molar-refractivity contribution is -0.123.